The monoisotopic (exact) mass is 458 g/mol. The van der Waals surface area contributed by atoms with Crippen LogP contribution in [0.3, 0.4) is 0 Å². The van der Waals surface area contributed by atoms with Gasteiger partial charge >= 0.3 is 6.03 Å². The molecule has 2 aromatic heterocycles. The predicted molar refractivity (Wildman–Crippen MR) is 127 cm³/mol. The van der Waals surface area contributed by atoms with Gasteiger partial charge in [0.25, 0.3) is 0 Å². The number of amides is 2. The highest BCUT2D eigenvalue weighted by atomic mass is 32.2. The third kappa shape index (κ3) is 5.73. The molecule has 0 fully saturated rings. The van der Waals surface area contributed by atoms with Gasteiger partial charge in [-0.05, 0) is 49.1 Å². The van der Waals surface area contributed by atoms with Crippen LogP contribution in [-0.2, 0) is 12.3 Å². The molecule has 3 rings (SSSR count). The lowest BCUT2D eigenvalue weighted by Gasteiger charge is -2.25. The lowest BCUT2D eigenvalue weighted by atomic mass is 10.2. The van der Waals surface area contributed by atoms with E-state index in [0.717, 1.165) is 27.7 Å². The molecule has 0 spiro atoms. The molecule has 0 aliphatic carbocycles. The zero-order chi connectivity index (χ0) is 23.4. The fourth-order valence-corrected chi connectivity index (χ4v) is 4.49. The maximum Gasteiger partial charge on any atom is 0.325 e. The van der Waals surface area contributed by atoms with Crippen LogP contribution in [0.1, 0.15) is 36.4 Å². The van der Waals surface area contributed by atoms with Crippen LogP contribution < -0.4 is 4.90 Å². The molecule has 32 heavy (non-hydrogen) atoms. The van der Waals surface area contributed by atoms with Crippen molar-refractivity contribution in [2.24, 2.45) is 5.92 Å². The number of imidazole rings is 1. The van der Waals surface area contributed by atoms with E-state index in [-0.39, 0.29) is 11.8 Å². The third-order valence-electron chi connectivity index (χ3n) is 5.11. The summed E-state index contributed by atoms with van der Waals surface area (Å²) in [6.07, 6.45) is 1.73. The number of rotatable bonds is 8. The van der Waals surface area contributed by atoms with Crippen molar-refractivity contribution in [3.8, 4) is 0 Å². The standard InChI is InChI=1S/C24H31FN4O2S/c1-16(2)12-27(5)24(30)28(6)22-18(4)29(13-19-7-9-20(25)10-8-19)23(26-22)32-15-21-11-17(3)14-31-21/h7-11,14,16H,12-13,15H2,1-6H3. The SMILES string of the molecule is Cc1coc(CSc2nc(N(C)C(=O)N(C)CC(C)C)c(C)n2Cc2ccc(F)cc2)c1. The molecule has 8 heteroatoms. The molecular weight excluding hydrogens is 427 g/mol. The van der Waals surface area contributed by atoms with Crippen molar-refractivity contribution in [1.82, 2.24) is 14.5 Å². The number of nitrogens with zero attached hydrogens (tertiary/aromatic N) is 4. The summed E-state index contributed by atoms with van der Waals surface area (Å²) >= 11 is 1.55. The summed E-state index contributed by atoms with van der Waals surface area (Å²) in [5.74, 6) is 2.21. The van der Waals surface area contributed by atoms with Crippen molar-refractivity contribution < 1.29 is 13.6 Å². The Labute approximate surface area is 193 Å². The number of anilines is 1. The van der Waals surface area contributed by atoms with E-state index >= 15 is 0 Å². The first-order valence-electron chi connectivity index (χ1n) is 10.6. The van der Waals surface area contributed by atoms with Crippen molar-refractivity contribution in [1.29, 1.82) is 0 Å². The average Bonchev–Trinajstić information content (AvgIpc) is 3.29. The molecule has 0 atom stereocenters. The Morgan fingerprint density at radius 1 is 1.22 bits per heavy atom. The average molecular weight is 459 g/mol. The number of carbonyl (C=O) groups is 1. The summed E-state index contributed by atoms with van der Waals surface area (Å²) in [6.45, 7) is 9.30. The van der Waals surface area contributed by atoms with E-state index in [1.54, 1.807) is 54.1 Å². The van der Waals surface area contributed by atoms with E-state index in [4.69, 9.17) is 9.40 Å². The lowest BCUT2D eigenvalue weighted by molar-refractivity contribution is 0.211. The number of hydrogen-bond acceptors (Lipinski definition) is 4. The van der Waals surface area contributed by atoms with E-state index < -0.39 is 0 Å². The van der Waals surface area contributed by atoms with Crippen LogP contribution in [0.2, 0.25) is 0 Å². The van der Waals surface area contributed by atoms with Crippen LogP contribution in [0, 0.1) is 25.6 Å². The van der Waals surface area contributed by atoms with Crippen molar-refractivity contribution in [3.63, 3.8) is 0 Å². The number of thioether (sulfide) groups is 1. The Hall–Kier alpha value is -2.74. The van der Waals surface area contributed by atoms with E-state index in [1.807, 2.05) is 19.9 Å². The summed E-state index contributed by atoms with van der Waals surface area (Å²) < 4.78 is 21.0. The molecule has 0 aliphatic rings. The molecule has 0 bridgehead atoms. The lowest BCUT2D eigenvalue weighted by Crippen LogP contribution is -2.41. The summed E-state index contributed by atoms with van der Waals surface area (Å²) in [4.78, 5) is 21.1. The molecule has 0 radical (unpaired) electrons. The number of aryl methyl sites for hydroxylation is 1. The number of benzene rings is 1. The number of carbonyl (C=O) groups excluding carboxylic acids is 1. The number of aromatic nitrogens is 2. The van der Waals surface area contributed by atoms with Gasteiger partial charge in [0.05, 0.1) is 17.7 Å². The zero-order valence-electron chi connectivity index (χ0n) is 19.6. The van der Waals surface area contributed by atoms with Crippen LogP contribution in [0.25, 0.3) is 0 Å². The molecule has 172 valence electrons. The minimum absolute atomic E-state index is 0.105. The number of halogens is 1. The molecular formula is C24H31FN4O2S. The molecule has 2 heterocycles. The Morgan fingerprint density at radius 3 is 2.50 bits per heavy atom. The highest BCUT2D eigenvalue weighted by molar-refractivity contribution is 7.98. The molecule has 3 aromatic rings. The maximum absolute atomic E-state index is 13.4. The Balaban J connectivity index is 1.90. The quantitative estimate of drug-likeness (QED) is 0.405. The predicted octanol–water partition coefficient (Wildman–Crippen LogP) is 5.72. The molecule has 2 amide bonds. The second kappa shape index (κ2) is 10.3. The van der Waals surface area contributed by atoms with Crippen LogP contribution in [0.4, 0.5) is 15.0 Å². The smallest absolute Gasteiger partial charge is 0.325 e. The molecule has 1 aromatic carbocycles. The summed E-state index contributed by atoms with van der Waals surface area (Å²) in [5, 5.41) is 0.780. The first-order valence-corrected chi connectivity index (χ1v) is 11.6. The van der Waals surface area contributed by atoms with Crippen molar-refractivity contribution in [2.45, 2.75) is 45.1 Å². The molecule has 0 saturated carbocycles. The van der Waals surface area contributed by atoms with Crippen molar-refractivity contribution in [2.75, 3.05) is 25.5 Å². The highest BCUT2D eigenvalue weighted by Crippen LogP contribution is 2.30. The Morgan fingerprint density at radius 2 is 1.91 bits per heavy atom. The van der Waals surface area contributed by atoms with Gasteiger partial charge in [-0.1, -0.05) is 37.7 Å². The molecule has 6 nitrogen and oxygen atoms in total. The topological polar surface area (TPSA) is 54.5 Å². The van der Waals surface area contributed by atoms with E-state index in [0.29, 0.717) is 30.6 Å². The van der Waals surface area contributed by atoms with Gasteiger partial charge in [0, 0.05) is 27.2 Å². The first kappa shape index (κ1) is 23.9. The van der Waals surface area contributed by atoms with Crippen molar-refractivity contribution >= 4 is 23.6 Å². The van der Waals surface area contributed by atoms with Crippen LogP contribution in [-0.4, -0.2) is 41.1 Å². The van der Waals surface area contributed by atoms with Gasteiger partial charge in [-0.2, -0.15) is 0 Å². The summed E-state index contributed by atoms with van der Waals surface area (Å²) in [5.41, 5.74) is 2.91. The van der Waals surface area contributed by atoms with Gasteiger partial charge < -0.3 is 13.9 Å². The molecule has 0 N–H and O–H groups in total. The fraction of sp³-hybridized carbons (Fsp3) is 0.417. The third-order valence-corrected chi connectivity index (χ3v) is 6.11. The second-order valence-electron chi connectivity index (χ2n) is 8.51. The number of urea groups is 1. The fourth-order valence-electron chi connectivity index (χ4n) is 3.56. The van der Waals surface area contributed by atoms with Crippen LogP contribution >= 0.6 is 11.8 Å². The molecule has 0 saturated heterocycles. The second-order valence-corrected chi connectivity index (χ2v) is 9.45. The van der Waals surface area contributed by atoms with Gasteiger partial charge in [0.2, 0.25) is 0 Å². The van der Waals surface area contributed by atoms with Crippen LogP contribution in [0.5, 0.6) is 0 Å². The van der Waals surface area contributed by atoms with E-state index in [2.05, 4.69) is 18.4 Å². The van der Waals surface area contributed by atoms with Gasteiger partial charge in [-0.25, -0.2) is 14.2 Å². The van der Waals surface area contributed by atoms with E-state index in [1.165, 1.54) is 12.1 Å². The number of hydrogen-bond donors (Lipinski definition) is 0. The molecule has 0 aliphatic heterocycles. The highest BCUT2D eigenvalue weighted by Gasteiger charge is 2.24. The van der Waals surface area contributed by atoms with Gasteiger partial charge in [-0.3, -0.25) is 4.90 Å². The minimum Gasteiger partial charge on any atom is -0.468 e. The minimum atomic E-state index is -0.266. The number of furan rings is 1. The largest absolute Gasteiger partial charge is 0.468 e. The molecule has 0 unspecified atom stereocenters. The van der Waals surface area contributed by atoms with E-state index in [9.17, 15) is 9.18 Å². The van der Waals surface area contributed by atoms with Crippen molar-refractivity contribution in [3.05, 3.63) is 65.0 Å². The van der Waals surface area contributed by atoms with Gasteiger partial charge in [-0.15, -0.1) is 0 Å². The summed E-state index contributed by atoms with van der Waals surface area (Å²) in [7, 11) is 3.56. The van der Waals surface area contributed by atoms with Gasteiger partial charge in [0.1, 0.15) is 11.6 Å². The van der Waals surface area contributed by atoms with Gasteiger partial charge in [0.15, 0.2) is 11.0 Å². The normalized spacial score (nSPS) is 11.2. The maximum atomic E-state index is 13.4. The zero-order valence-corrected chi connectivity index (χ0v) is 20.4. The first-order chi connectivity index (χ1) is 15.2. The Bertz CT molecular complexity index is 1060. The summed E-state index contributed by atoms with van der Waals surface area (Å²) in [6, 6.07) is 8.35. The Kier molecular flexibility index (Phi) is 7.66. The van der Waals surface area contributed by atoms with Crippen LogP contribution in [0.15, 0.2) is 46.2 Å².